The third-order valence-corrected chi connectivity index (χ3v) is 4.93. The molecule has 29 heavy (non-hydrogen) atoms. The number of nitrogens with one attached hydrogen (secondary N) is 1. The number of nitrogens with zero attached hydrogens (tertiary/aromatic N) is 4. The van der Waals surface area contributed by atoms with E-state index in [-0.39, 0.29) is 35.9 Å². The maximum atomic E-state index is 13.0. The predicted molar refractivity (Wildman–Crippen MR) is 102 cm³/mol. The molecule has 148 valence electrons. The molecule has 0 saturated carbocycles. The van der Waals surface area contributed by atoms with Crippen LogP contribution in [-0.2, 0) is 14.4 Å². The molecule has 2 aliphatic heterocycles. The molecule has 0 fully saturated rings. The van der Waals surface area contributed by atoms with Crippen molar-refractivity contribution in [3.8, 4) is 11.3 Å². The maximum absolute atomic E-state index is 13.0. The highest BCUT2D eigenvalue weighted by atomic mass is 19.1. The van der Waals surface area contributed by atoms with Gasteiger partial charge in [0.2, 0.25) is 5.91 Å². The lowest BCUT2D eigenvalue weighted by molar-refractivity contribution is -0.136. The number of halogens is 1. The highest BCUT2D eigenvalue weighted by molar-refractivity contribution is 6.19. The number of likely N-dealkylation sites (N-methyl/N-ethyl adjacent to an activating group) is 1. The van der Waals surface area contributed by atoms with E-state index in [1.807, 2.05) is 0 Å². The standard InChI is InChI=1S/C20H18FN5O3/c1-25-19(28)14-3-2-10-26(18(14)20(25)29)11-17(27)22-16-9-8-15(23-24-16)12-4-6-13(21)7-5-12/h4-9H,2-3,10-11H2,1H3,(H,22,24,27). The van der Waals surface area contributed by atoms with Gasteiger partial charge in [-0.25, -0.2) is 4.39 Å². The fourth-order valence-corrected chi connectivity index (χ4v) is 3.48. The van der Waals surface area contributed by atoms with E-state index in [2.05, 4.69) is 15.5 Å². The lowest BCUT2D eigenvalue weighted by Gasteiger charge is -2.28. The summed E-state index contributed by atoms with van der Waals surface area (Å²) in [6.45, 7) is 0.460. The summed E-state index contributed by atoms with van der Waals surface area (Å²) < 4.78 is 13.0. The van der Waals surface area contributed by atoms with Crippen molar-refractivity contribution in [3.63, 3.8) is 0 Å². The molecule has 2 aromatic rings. The van der Waals surface area contributed by atoms with Crippen LogP contribution in [0.25, 0.3) is 11.3 Å². The lowest BCUT2D eigenvalue weighted by Crippen LogP contribution is -2.38. The van der Waals surface area contributed by atoms with Crippen molar-refractivity contribution in [3.05, 3.63) is 53.5 Å². The monoisotopic (exact) mass is 395 g/mol. The minimum absolute atomic E-state index is 0.0624. The summed E-state index contributed by atoms with van der Waals surface area (Å²) in [5.74, 6) is -1.11. The number of amides is 3. The van der Waals surface area contributed by atoms with Crippen LogP contribution in [0.1, 0.15) is 12.8 Å². The molecule has 1 aromatic heterocycles. The maximum Gasteiger partial charge on any atom is 0.277 e. The molecule has 1 aromatic carbocycles. The van der Waals surface area contributed by atoms with Gasteiger partial charge < -0.3 is 10.2 Å². The molecule has 0 aliphatic carbocycles. The number of imide groups is 1. The van der Waals surface area contributed by atoms with Gasteiger partial charge >= 0.3 is 0 Å². The smallest absolute Gasteiger partial charge is 0.277 e. The first-order chi connectivity index (χ1) is 13.9. The highest BCUT2D eigenvalue weighted by Crippen LogP contribution is 2.30. The second-order valence-corrected chi connectivity index (χ2v) is 6.88. The molecular weight excluding hydrogens is 377 g/mol. The Bertz CT molecular complexity index is 1020. The van der Waals surface area contributed by atoms with E-state index in [1.165, 1.54) is 19.2 Å². The molecule has 8 nitrogen and oxygen atoms in total. The molecule has 0 spiro atoms. The zero-order valence-corrected chi connectivity index (χ0v) is 15.7. The van der Waals surface area contributed by atoms with Gasteiger partial charge in [0.25, 0.3) is 11.8 Å². The number of hydrogen-bond donors (Lipinski definition) is 1. The molecular formula is C20H18FN5O3. The van der Waals surface area contributed by atoms with Gasteiger partial charge in [-0.1, -0.05) is 0 Å². The Kier molecular flexibility index (Phi) is 4.79. The van der Waals surface area contributed by atoms with Crippen LogP contribution in [0.15, 0.2) is 47.7 Å². The predicted octanol–water partition coefficient (Wildman–Crippen LogP) is 1.57. The van der Waals surface area contributed by atoms with E-state index in [9.17, 15) is 18.8 Å². The van der Waals surface area contributed by atoms with Gasteiger partial charge in [0.05, 0.1) is 12.2 Å². The molecule has 0 atom stereocenters. The SMILES string of the molecule is CN1C(=O)C2=C(C1=O)N(CC(=O)Nc1ccc(-c3ccc(F)cc3)nn1)CCC2. The van der Waals surface area contributed by atoms with Crippen LogP contribution in [0.3, 0.4) is 0 Å². The molecule has 1 N–H and O–H groups in total. The molecule has 0 bridgehead atoms. The molecule has 2 aliphatic rings. The zero-order valence-electron chi connectivity index (χ0n) is 15.7. The first kappa shape index (κ1) is 18.7. The first-order valence-corrected chi connectivity index (χ1v) is 9.14. The van der Waals surface area contributed by atoms with Gasteiger partial charge in [0.15, 0.2) is 5.82 Å². The van der Waals surface area contributed by atoms with Crippen molar-refractivity contribution in [1.82, 2.24) is 20.0 Å². The van der Waals surface area contributed by atoms with Gasteiger partial charge in [0.1, 0.15) is 11.5 Å². The largest absolute Gasteiger partial charge is 0.357 e. The Morgan fingerprint density at radius 1 is 1.10 bits per heavy atom. The van der Waals surface area contributed by atoms with Crippen molar-refractivity contribution in [2.24, 2.45) is 0 Å². The van der Waals surface area contributed by atoms with Gasteiger partial charge in [-0.05, 0) is 49.2 Å². The van der Waals surface area contributed by atoms with Crippen molar-refractivity contribution < 1.29 is 18.8 Å². The quantitative estimate of drug-likeness (QED) is 0.790. The number of rotatable bonds is 4. The zero-order chi connectivity index (χ0) is 20.5. The topological polar surface area (TPSA) is 95.5 Å². The van der Waals surface area contributed by atoms with Crippen LogP contribution in [-0.4, -0.2) is 57.9 Å². The van der Waals surface area contributed by atoms with E-state index < -0.39 is 0 Å². The van der Waals surface area contributed by atoms with E-state index in [0.717, 1.165) is 4.90 Å². The fourth-order valence-electron chi connectivity index (χ4n) is 3.48. The number of benzene rings is 1. The van der Waals surface area contributed by atoms with Crippen LogP contribution < -0.4 is 5.32 Å². The summed E-state index contributed by atoms with van der Waals surface area (Å²) in [5.41, 5.74) is 2.04. The molecule has 3 amide bonds. The number of hydrogen-bond acceptors (Lipinski definition) is 6. The lowest BCUT2D eigenvalue weighted by atomic mass is 10.0. The minimum Gasteiger partial charge on any atom is -0.357 e. The second-order valence-electron chi connectivity index (χ2n) is 6.88. The van der Waals surface area contributed by atoms with E-state index in [1.54, 1.807) is 29.2 Å². The van der Waals surface area contributed by atoms with Crippen molar-refractivity contribution in [2.45, 2.75) is 12.8 Å². The summed E-state index contributed by atoms with van der Waals surface area (Å²) in [5, 5.41) is 10.7. The Hall–Kier alpha value is -3.62. The minimum atomic E-state index is -0.374. The normalized spacial score (nSPS) is 16.3. The molecule has 4 rings (SSSR count). The van der Waals surface area contributed by atoms with Gasteiger partial charge in [0, 0.05) is 24.7 Å². The first-order valence-electron chi connectivity index (χ1n) is 9.14. The van der Waals surface area contributed by atoms with E-state index >= 15 is 0 Å². The summed E-state index contributed by atoms with van der Waals surface area (Å²) in [4.78, 5) is 39.6. The molecule has 0 saturated heterocycles. The Morgan fingerprint density at radius 2 is 1.86 bits per heavy atom. The molecule has 3 heterocycles. The molecule has 9 heteroatoms. The third-order valence-electron chi connectivity index (χ3n) is 4.93. The summed E-state index contributed by atoms with van der Waals surface area (Å²) in [6.07, 6.45) is 1.24. The fraction of sp³-hybridized carbons (Fsp3) is 0.250. The third kappa shape index (κ3) is 3.58. The number of carbonyl (C=O) groups excluding carboxylic acids is 3. The second kappa shape index (κ2) is 7.42. The average molecular weight is 395 g/mol. The number of anilines is 1. The Morgan fingerprint density at radius 3 is 2.55 bits per heavy atom. The number of carbonyl (C=O) groups is 3. The van der Waals surface area contributed by atoms with E-state index in [0.29, 0.717) is 41.9 Å². The van der Waals surface area contributed by atoms with Crippen LogP contribution in [0.2, 0.25) is 0 Å². The van der Waals surface area contributed by atoms with Crippen LogP contribution in [0, 0.1) is 5.82 Å². The van der Waals surface area contributed by atoms with Crippen molar-refractivity contribution in [1.29, 1.82) is 0 Å². The van der Waals surface area contributed by atoms with Gasteiger partial charge in [-0.3, -0.25) is 19.3 Å². The van der Waals surface area contributed by atoms with Crippen LogP contribution >= 0.6 is 0 Å². The van der Waals surface area contributed by atoms with Gasteiger partial charge in [-0.2, -0.15) is 0 Å². The van der Waals surface area contributed by atoms with Crippen molar-refractivity contribution >= 4 is 23.5 Å². The summed E-state index contributed by atoms with van der Waals surface area (Å²) >= 11 is 0. The van der Waals surface area contributed by atoms with Crippen molar-refractivity contribution in [2.75, 3.05) is 25.5 Å². The average Bonchev–Trinajstić information content (AvgIpc) is 2.94. The van der Waals surface area contributed by atoms with Crippen LogP contribution in [0.5, 0.6) is 0 Å². The van der Waals surface area contributed by atoms with E-state index in [4.69, 9.17) is 0 Å². The van der Waals surface area contributed by atoms with Gasteiger partial charge in [-0.15, -0.1) is 10.2 Å². The Labute approximate surface area is 166 Å². The van der Waals surface area contributed by atoms with Crippen LogP contribution in [0.4, 0.5) is 10.2 Å². The Balaban J connectivity index is 1.43. The molecule has 0 radical (unpaired) electrons. The highest BCUT2D eigenvalue weighted by Gasteiger charge is 2.40. The number of aromatic nitrogens is 2. The molecule has 0 unspecified atom stereocenters. The summed E-state index contributed by atoms with van der Waals surface area (Å²) in [6, 6.07) is 9.13. The summed E-state index contributed by atoms with van der Waals surface area (Å²) in [7, 11) is 1.44.